The summed E-state index contributed by atoms with van der Waals surface area (Å²) in [4.78, 5) is 24.4. The first-order valence-electron chi connectivity index (χ1n) is 10.5. The van der Waals surface area contributed by atoms with Crippen molar-refractivity contribution in [1.82, 2.24) is 20.3 Å². The third kappa shape index (κ3) is 4.70. The molecule has 1 aromatic heterocycles. The van der Waals surface area contributed by atoms with Crippen LogP contribution in [0.15, 0.2) is 54.6 Å². The SMILES string of the molecule is C/C=C/c1nnn(Cc2ccc(C(F)(F)F)cc2)c1C(=O)NC1(c2ccc(C(=O)O)cc2)CC1. The molecule has 176 valence electrons. The van der Waals surface area contributed by atoms with Crippen LogP contribution in [-0.2, 0) is 18.3 Å². The predicted octanol–water partition coefficient (Wildman–Crippen LogP) is 4.50. The molecule has 2 N–H and O–H groups in total. The minimum Gasteiger partial charge on any atom is -0.478 e. The van der Waals surface area contributed by atoms with Crippen LogP contribution in [0.3, 0.4) is 0 Å². The smallest absolute Gasteiger partial charge is 0.416 e. The van der Waals surface area contributed by atoms with Crippen LogP contribution in [0.2, 0.25) is 0 Å². The maximum Gasteiger partial charge on any atom is 0.416 e. The summed E-state index contributed by atoms with van der Waals surface area (Å²) < 4.78 is 39.9. The third-order valence-corrected chi connectivity index (χ3v) is 5.70. The van der Waals surface area contributed by atoms with Crippen LogP contribution < -0.4 is 5.32 Å². The predicted molar refractivity (Wildman–Crippen MR) is 117 cm³/mol. The Hall–Kier alpha value is -3.95. The average molecular weight is 470 g/mol. The molecule has 3 aromatic rings. The molecule has 34 heavy (non-hydrogen) atoms. The molecular weight excluding hydrogens is 449 g/mol. The Morgan fingerprint density at radius 1 is 1.12 bits per heavy atom. The van der Waals surface area contributed by atoms with Gasteiger partial charge >= 0.3 is 12.1 Å². The van der Waals surface area contributed by atoms with E-state index < -0.39 is 29.2 Å². The third-order valence-electron chi connectivity index (χ3n) is 5.70. The monoisotopic (exact) mass is 470 g/mol. The van der Waals surface area contributed by atoms with Gasteiger partial charge in [-0.2, -0.15) is 13.2 Å². The Kier molecular flexibility index (Phi) is 5.99. The van der Waals surface area contributed by atoms with Crippen LogP contribution in [0.25, 0.3) is 6.08 Å². The van der Waals surface area contributed by atoms with E-state index in [9.17, 15) is 22.8 Å². The number of carbonyl (C=O) groups excluding carboxylic acids is 1. The molecule has 1 aliphatic carbocycles. The summed E-state index contributed by atoms with van der Waals surface area (Å²) in [5.41, 5.74) is 0.622. The lowest BCUT2D eigenvalue weighted by Crippen LogP contribution is -2.36. The summed E-state index contributed by atoms with van der Waals surface area (Å²) >= 11 is 0. The number of halogens is 3. The molecule has 10 heteroatoms. The van der Waals surface area contributed by atoms with Crippen LogP contribution in [0.4, 0.5) is 13.2 Å². The first kappa shape index (κ1) is 23.2. The highest BCUT2D eigenvalue weighted by Gasteiger charge is 2.46. The number of nitrogens with zero attached hydrogens (tertiary/aromatic N) is 3. The zero-order valence-electron chi connectivity index (χ0n) is 18.1. The summed E-state index contributed by atoms with van der Waals surface area (Å²) in [5.74, 6) is -1.46. The molecule has 4 rings (SSSR count). The fraction of sp³-hybridized carbons (Fsp3) is 0.250. The molecule has 1 aliphatic rings. The van der Waals surface area contributed by atoms with Crippen molar-refractivity contribution in [2.24, 2.45) is 0 Å². The summed E-state index contributed by atoms with van der Waals surface area (Å²) in [6, 6.07) is 11.0. The van der Waals surface area contributed by atoms with Crippen molar-refractivity contribution < 1.29 is 27.9 Å². The van der Waals surface area contributed by atoms with Crippen molar-refractivity contribution in [3.05, 3.63) is 88.2 Å². The molecule has 0 aliphatic heterocycles. The average Bonchev–Trinajstić information content (AvgIpc) is 3.47. The topological polar surface area (TPSA) is 97.1 Å². The quantitative estimate of drug-likeness (QED) is 0.530. The van der Waals surface area contributed by atoms with E-state index in [0.717, 1.165) is 17.7 Å². The van der Waals surface area contributed by atoms with Gasteiger partial charge in [0.05, 0.1) is 23.2 Å². The Bertz CT molecular complexity index is 1240. The zero-order valence-corrected chi connectivity index (χ0v) is 18.1. The van der Waals surface area contributed by atoms with E-state index in [0.29, 0.717) is 24.1 Å². The van der Waals surface area contributed by atoms with Crippen molar-refractivity contribution in [2.45, 2.75) is 38.0 Å². The molecule has 0 saturated heterocycles. The van der Waals surface area contributed by atoms with Gasteiger partial charge in [0.25, 0.3) is 5.91 Å². The van der Waals surface area contributed by atoms with Crippen LogP contribution >= 0.6 is 0 Å². The van der Waals surface area contributed by atoms with E-state index >= 15 is 0 Å². The normalized spacial score (nSPS) is 14.8. The van der Waals surface area contributed by atoms with Crippen LogP contribution in [0, 0.1) is 0 Å². The van der Waals surface area contributed by atoms with Crippen LogP contribution in [0.1, 0.15) is 63.0 Å². The number of carboxylic acids is 1. The van der Waals surface area contributed by atoms with Crippen molar-refractivity contribution in [2.75, 3.05) is 0 Å². The van der Waals surface area contributed by atoms with Gasteiger partial charge in [-0.25, -0.2) is 9.48 Å². The number of nitrogens with one attached hydrogen (secondary N) is 1. The van der Waals surface area contributed by atoms with Crippen molar-refractivity contribution in [3.8, 4) is 0 Å². The van der Waals surface area contributed by atoms with Crippen molar-refractivity contribution >= 4 is 18.0 Å². The molecule has 0 atom stereocenters. The van der Waals surface area contributed by atoms with Gasteiger partial charge in [0.15, 0.2) is 5.69 Å². The fourth-order valence-electron chi connectivity index (χ4n) is 3.73. The molecule has 1 amide bonds. The molecule has 0 radical (unpaired) electrons. The second-order valence-electron chi connectivity index (χ2n) is 8.09. The Labute approximate surface area is 192 Å². The van der Waals surface area contributed by atoms with Gasteiger partial charge < -0.3 is 10.4 Å². The maximum atomic E-state index is 13.3. The number of aromatic carboxylic acids is 1. The second-order valence-corrected chi connectivity index (χ2v) is 8.09. The first-order chi connectivity index (χ1) is 16.1. The molecule has 0 bridgehead atoms. The number of hydrogen-bond donors (Lipinski definition) is 2. The number of amides is 1. The Balaban J connectivity index is 1.59. The van der Waals surface area contributed by atoms with E-state index in [1.54, 1.807) is 31.2 Å². The second kappa shape index (κ2) is 8.77. The van der Waals surface area contributed by atoms with E-state index in [2.05, 4.69) is 15.6 Å². The summed E-state index contributed by atoms with van der Waals surface area (Å²) in [7, 11) is 0. The van der Waals surface area contributed by atoms with E-state index in [-0.39, 0.29) is 17.8 Å². The van der Waals surface area contributed by atoms with Crippen LogP contribution in [-0.4, -0.2) is 32.0 Å². The van der Waals surface area contributed by atoms with Crippen molar-refractivity contribution in [3.63, 3.8) is 0 Å². The number of carboxylic acid groups (broad SMARTS) is 1. The van der Waals surface area contributed by atoms with E-state index in [1.165, 1.54) is 28.9 Å². The molecule has 1 heterocycles. The molecule has 1 saturated carbocycles. The molecule has 0 unspecified atom stereocenters. The number of rotatable bonds is 7. The van der Waals surface area contributed by atoms with Gasteiger partial charge in [-0.15, -0.1) is 5.10 Å². The number of carbonyl (C=O) groups is 2. The minimum atomic E-state index is -4.43. The number of hydrogen-bond acceptors (Lipinski definition) is 4. The minimum absolute atomic E-state index is 0.0613. The molecular formula is C24H21F3N4O3. The van der Waals surface area contributed by atoms with Gasteiger partial charge in [0, 0.05) is 0 Å². The zero-order chi connectivity index (χ0) is 24.5. The number of aromatic nitrogens is 3. The van der Waals surface area contributed by atoms with Gasteiger partial charge in [-0.3, -0.25) is 4.79 Å². The van der Waals surface area contributed by atoms with Gasteiger partial charge in [0.2, 0.25) is 0 Å². The number of benzene rings is 2. The highest BCUT2D eigenvalue weighted by molar-refractivity contribution is 5.96. The Morgan fingerprint density at radius 3 is 2.29 bits per heavy atom. The first-order valence-corrected chi connectivity index (χ1v) is 10.5. The van der Waals surface area contributed by atoms with Crippen LogP contribution in [0.5, 0.6) is 0 Å². The lowest BCUT2D eigenvalue weighted by molar-refractivity contribution is -0.137. The fourth-order valence-corrected chi connectivity index (χ4v) is 3.73. The van der Waals surface area contributed by atoms with Gasteiger partial charge in [-0.1, -0.05) is 35.6 Å². The highest BCUT2D eigenvalue weighted by atomic mass is 19.4. The molecule has 1 fully saturated rings. The maximum absolute atomic E-state index is 13.3. The largest absolute Gasteiger partial charge is 0.478 e. The molecule has 2 aromatic carbocycles. The van der Waals surface area contributed by atoms with E-state index in [1.807, 2.05) is 0 Å². The standard InChI is InChI=1S/C24H21F3N4O3/c1-2-3-19-20(31(30-29-19)14-15-4-8-18(9-5-15)24(25,26)27)21(32)28-23(12-13-23)17-10-6-16(7-11-17)22(33)34/h2-11H,12-14H2,1H3,(H,28,32)(H,33,34)/b3-2+. The van der Waals surface area contributed by atoms with Gasteiger partial charge in [-0.05, 0) is 61.2 Å². The Morgan fingerprint density at radius 2 is 1.76 bits per heavy atom. The van der Waals surface area contributed by atoms with Gasteiger partial charge in [0.1, 0.15) is 5.69 Å². The number of allylic oxidation sites excluding steroid dienone is 1. The molecule has 0 spiro atoms. The van der Waals surface area contributed by atoms with E-state index in [4.69, 9.17) is 5.11 Å². The lowest BCUT2D eigenvalue weighted by atomic mass is 10.0. The summed E-state index contributed by atoms with van der Waals surface area (Å²) in [6.07, 6.45) is 0.277. The number of alkyl halides is 3. The van der Waals surface area contributed by atoms with Crippen molar-refractivity contribution in [1.29, 1.82) is 0 Å². The summed E-state index contributed by atoms with van der Waals surface area (Å²) in [6.45, 7) is 1.83. The highest BCUT2D eigenvalue weighted by Crippen LogP contribution is 2.45. The summed E-state index contributed by atoms with van der Waals surface area (Å²) in [5, 5.41) is 20.2. The molecule has 7 nitrogen and oxygen atoms in total. The lowest BCUT2D eigenvalue weighted by Gasteiger charge is -2.19.